The van der Waals surface area contributed by atoms with Crippen molar-refractivity contribution in [3.05, 3.63) is 34.2 Å². The highest BCUT2D eigenvalue weighted by molar-refractivity contribution is 5.86. The molecule has 0 saturated carbocycles. The summed E-state index contributed by atoms with van der Waals surface area (Å²) in [5.74, 6) is 0.252. The van der Waals surface area contributed by atoms with E-state index in [2.05, 4.69) is 15.2 Å². The van der Waals surface area contributed by atoms with Gasteiger partial charge in [0, 0.05) is 6.20 Å². The van der Waals surface area contributed by atoms with Crippen LogP contribution in [0, 0.1) is 6.92 Å². The van der Waals surface area contributed by atoms with Crippen LogP contribution in [0.5, 0.6) is 0 Å². The Morgan fingerprint density at radius 1 is 1.50 bits per heavy atom. The number of nitrogens with zero attached hydrogens (tertiary/aromatic N) is 3. The van der Waals surface area contributed by atoms with Crippen molar-refractivity contribution in [3.63, 3.8) is 0 Å². The number of rotatable bonds is 0. The molecule has 0 aromatic carbocycles. The summed E-state index contributed by atoms with van der Waals surface area (Å²) in [7, 11) is 0. The largest absolute Gasteiger partial charge is 0.383 e. The third kappa shape index (κ3) is 1.04. The fraction of sp³-hybridized carbons (Fsp3) is 0.100. The summed E-state index contributed by atoms with van der Waals surface area (Å²) in [6, 6.07) is 3.67. The van der Waals surface area contributed by atoms with Gasteiger partial charge in [0.25, 0.3) is 5.56 Å². The summed E-state index contributed by atoms with van der Waals surface area (Å²) in [5, 5.41) is 6.78. The van der Waals surface area contributed by atoms with E-state index in [0.717, 1.165) is 5.56 Å². The van der Waals surface area contributed by atoms with Crippen LogP contribution in [0.15, 0.2) is 23.1 Å². The van der Waals surface area contributed by atoms with Crippen LogP contribution in [-0.4, -0.2) is 19.6 Å². The van der Waals surface area contributed by atoms with Gasteiger partial charge in [0.1, 0.15) is 16.9 Å². The highest BCUT2D eigenvalue weighted by Gasteiger charge is 2.10. The van der Waals surface area contributed by atoms with Crippen molar-refractivity contribution in [3.8, 4) is 0 Å². The smallest absolute Gasteiger partial charge is 0.271 e. The number of nitrogens with one attached hydrogen (secondary N) is 1. The van der Waals surface area contributed by atoms with Crippen LogP contribution < -0.4 is 11.3 Å². The van der Waals surface area contributed by atoms with Crippen molar-refractivity contribution in [2.24, 2.45) is 0 Å². The lowest BCUT2D eigenvalue weighted by Gasteiger charge is -2.00. The van der Waals surface area contributed by atoms with Crippen LogP contribution in [0.4, 0.5) is 5.82 Å². The Kier molecular flexibility index (Phi) is 1.57. The molecular weight excluding hydrogens is 206 g/mol. The van der Waals surface area contributed by atoms with Crippen molar-refractivity contribution in [1.82, 2.24) is 19.6 Å². The van der Waals surface area contributed by atoms with Crippen molar-refractivity contribution in [1.29, 1.82) is 0 Å². The number of nitrogen functional groups attached to an aromatic ring is 1. The average Bonchev–Trinajstić information content (AvgIpc) is 2.60. The molecule has 0 saturated heterocycles. The second-order valence-electron chi connectivity index (χ2n) is 3.69. The second kappa shape index (κ2) is 2.82. The molecule has 80 valence electrons. The summed E-state index contributed by atoms with van der Waals surface area (Å²) in [6.45, 7) is 1.94. The molecule has 16 heavy (non-hydrogen) atoms. The number of anilines is 1. The molecule has 0 aliphatic rings. The molecule has 0 aliphatic heterocycles. The Balaban J connectivity index is 2.63. The molecule has 0 unspecified atom stereocenters. The molecule has 0 aliphatic carbocycles. The SMILES string of the molecule is Cc1ccn2c(=O)c3c(N)[nH]nc3nc2c1. The molecule has 6 heteroatoms. The van der Waals surface area contributed by atoms with Gasteiger partial charge < -0.3 is 5.73 Å². The monoisotopic (exact) mass is 215 g/mol. The number of aryl methyl sites for hydroxylation is 1. The zero-order valence-corrected chi connectivity index (χ0v) is 8.56. The van der Waals surface area contributed by atoms with Crippen LogP contribution in [-0.2, 0) is 0 Å². The summed E-state index contributed by atoms with van der Waals surface area (Å²) >= 11 is 0. The predicted octanol–water partition coefficient (Wildman–Crippen LogP) is 0.461. The molecule has 0 fully saturated rings. The average molecular weight is 215 g/mol. The van der Waals surface area contributed by atoms with Gasteiger partial charge in [-0.3, -0.25) is 14.3 Å². The van der Waals surface area contributed by atoms with E-state index < -0.39 is 0 Å². The Morgan fingerprint density at radius 3 is 3.12 bits per heavy atom. The first-order valence-corrected chi connectivity index (χ1v) is 4.79. The molecule has 0 amide bonds. The number of fused-ring (bicyclic) bond motifs is 2. The molecule has 0 bridgehead atoms. The summed E-state index contributed by atoms with van der Waals surface area (Å²) in [4.78, 5) is 16.3. The van der Waals surface area contributed by atoms with Crippen LogP contribution in [0.1, 0.15) is 5.56 Å². The van der Waals surface area contributed by atoms with Crippen molar-refractivity contribution >= 4 is 22.5 Å². The highest BCUT2D eigenvalue weighted by atomic mass is 16.1. The zero-order valence-electron chi connectivity index (χ0n) is 8.56. The maximum atomic E-state index is 12.1. The first kappa shape index (κ1) is 8.90. The van der Waals surface area contributed by atoms with E-state index in [1.807, 2.05) is 19.1 Å². The highest BCUT2D eigenvalue weighted by Crippen LogP contribution is 2.12. The fourth-order valence-corrected chi connectivity index (χ4v) is 1.71. The number of nitrogens with two attached hydrogens (primary N) is 1. The third-order valence-corrected chi connectivity index (χ3v) is 2.52. The minimum atomic E-state index is -0.203. The molecule has 3 heterocycles. The minimum absolute atomic E-state index is 0.203. The lowest BCUT2D eigenvalue weighted by Crippen LogP contribution is -2.15. The molecule has 3 rings (SSSR count). The molecule has 0 spiro atoms. The van der Waals surface area contributed by atoms with Gasteiger partial charge in [-0.05, 0) is 24.6 Å². The quantitative estimate of drug-likeness (QED) is 0.570. The summed E-state index contributed by atoms with van der Waals surface area (Å²) < 4.78 is 1.46. The standard InChI is InChI=1S/C10H9N5O/c1-5-2-3-15-6(4-5)12-9-7(10(15)16)8(11)13-14-9/h2-4H,1H3,(H3,11,13,14). The number of aromatic nitrogens is 4. The number of aromatic amines is 1. The minimum Gasteiger partial charge on any atom is -0.383 e. The maximum absolute atomic E-state index is 12.1. The lowest BCUT2D eigenvalue weighted by molar-refractivity contribution is 1.06. The molecule has 0 radical (unpaired) electrons. The second-order valence-corrected chi connectivity index (χ2v) is 3.69. The van der Waals surface area contributed by atoms with E-state index in [1.165, 1.54) is 4.40 Å². The van der Waals surface area contributed by atoms with Gasteiger partial charge in [-0.25, -0.2) is 4.98 Å². The van der Waals surface area contributed by atoms with Gasteiger partial charge in [0.2, 0.25) is 0 Å². The van der Waals surface area contributed by atoms with Crippen LogP contribution in [0.3, 0.4) is 0 Å². The Labute approximate surface area is 89.7 Å². The third-order valence-electron chi connectivity index (χ3n) is 2.52. The van der Waals surface area contributed by atoms with Crippen LogP contribution in [0.2, 0.25) is 0 Å². The van der Waals surface area contributed by atoms with E-state index in [1.54, 1.807) is 6.20 Å². The topological polar surface area (TPSA) is 89.1 Å². The van der Waals surface area contributed by atoms with E-state index in [4.69, 9.17) is 5.73 Å². The molecule has 3 aromatic heterocycles. The first-order valence-electron chi connectivity index (χ1n) is 4.79. The van der Waals surface area contributed by atoms with Gasteiger partial charge >= 0.3 is 0 Å². The normalized spacial score (nSPS) is 11.3. The number of pyridine rings is 1. The van der Waals surface area contributed by atoms with E-state index in [9.17, 15) is 4.79 Å². The van der Waals surface area contributed by atoms with E-state index in [-0.39, 0.29) is 11.4 Å². The predicted molar refractivity (Wildman–Crippen MR) is 60.3 cm³/mol. The van der Waals surface area contributed by atoms with Crippen LogP contribution >= 0.6 is 0 Å². The molecular formula is C10H9N5O. The molecule has 0 atom stereocenters. The van der Waals surface area contributed by atoms with Crippen molar-refractivity contribution < 1.29 is 0 Å². The molecule has 3 N–H and O–H groups in total. The van der Waals surface area contributed by atoms with Gasteiger partial charge in [-0.1, -0.05) is 0 Å². The number of H-pyrrole nitrogens is 1. The van der Waals surface area contributed by atoms with E-state index in [0.29, 0.717) is 16.7 Å². The lowest BCUT2D eigenvalue weighted by atomic mass is 10.3. The van der Waals surface area contributed by atoms with Crippen molar-refractivity contribution in [2.75, 3.05) is 5.73 Å². The van der Waals surface area contributed by atoms with Gasteiger partial charge in [0.15, 0.2) is 5.65 Å². The van der Waals surface area contributed by atoms with Crippen molar-refractivity contribution in [2.45, 2.75) is 6.92 Å². The summed E-state index contributed by atoms with van der Waals surface area (Å²) in [5.41, 5.74) is 7.39. The first-order chi connectivity index (χ1) is 7.66. The Hall–Kier alpha value is -2.37. The van der Waals surface area contributed by atoms with E-state index >= 15 is 0 Å². The molecule has 6 nitrogen and oxygen atoms in total. The Bertz CT molecular complexity index is 755. The van der Waals surface area contributed by atoms with Gasteiger partial charge in [-0.15, -0.1) is 0 Å². The zero-order chi connectivity index (χ0) is 11.3. The number of hydrogen-bond acceptors (Lipinski definition) is 4. The van der Waals surface area contributed by atoms with Gasteiger partial charge in [0.05, 0.1) is 0 Å². The maximum Gasteiger partial charge on any atom is 0.271 e. The number of hydrogen-bond donors (Lipinski definition) is 2. The van der Waals surface area contributed by atoms with Crippen LogP contribution in [0.25, 0.3) is 16.7 Å². The molecule has 3 aromatic rings. The summed E-state index contributed by atoms with van der Waals surface area (Å²) in [6.07, 6.45) is 1.69. The van der Waals surface area contributed by atoms with Gasteiger partial charge in [-0.2, -0.15) is 5.10 Å². The Morgan fingerprint density at radius 2 is 2.31 bits per heavy atom. The fourth-order valence-electron chi connectivity index (χ4n) is 1.71.